The molecular formula is C57H66N12O3. The van der Waals surface area contributed by atoms with Crippen molar-refractivity contribution in [2.75, 3.05) is 77.1 Å². The molecule has 0 bridgehead atoms. The number of ether oxygens (including phenoxy) is 2. The third-order valence-corrected chi connectivity index (χ3v) is 13.7. The number of ketones is 1. The number of hydrogen-bond donors (Lipinski definition) is 2. The summed E-state index contributed by atoms with van der Waals surface area (Å²) in [6.07, 6.45) is 9.25. The molecule has 10 rings (SSSR count). The molecule has 2 saturated heterocycles. The van der Waals surface area contributed by atoms with E-state index in [2.05, 4.69) is 112 Å². The Hall–Kier alpha value is -7.17. The van der Waals surface area contributed by atoms with Crippen molar-refractivity contribution in [2.24, 2.45) is 0 Å². The number of nitrogens with zero attached hydrogens (tertiary/aromatic N) is 10. The summed E-state index contributed by atoms with van der Waals surface area (Å²) < 4.78 is 15.8. The van der Waals surface area contributed by atoms with Gasteiger partial charge in [-0.1, -0.05) is 24.3 Å². The number of rotatable bonds is 18. The number of likely N-dealkylation sites (N-methyl/N-ethyl adjacent to an activating group) is 2. The molecule has 6 heterocycles. The van der Waals surface area contributed by atoms with Gasteiger partial charge in [-0.05, 0) is 151 Å². The van der Waals surface area contributed by atoms with E-state index in [4.69, 9.17) is 19.4 Å². The Kier molecular flexibility index (Phi) is 14.6. The molecule has 0 saturated carbocycles. The lowest BCUT2D eigenvalue weighted by Gasteiger charge is -2.42. The summed E-state index contributed by atoms with van der Waals surface area (Å²) in [5, 5.41) is 8.59. The van der Waals surface area contributed by atoms with Gasteiger partial charge in [-0.2, -0.15) is 9.97 Å². The van der Waals surface area contributed by atoms with Gasteiger partial charge in [0.15, 0.2) is 5.78 Å². The molecule has 2 aliphatic heterocycles. The second-order valence-corrected chi connectivity index (χ2v) is 19.8. The summed E-state index contributed by atoms with van der Waals surface area (Å²) in [6, 6.07) is 36.5. The number of hydrogen-bond acceptors (Lipinski definition) is 13. The monoisotopic (exact) mass is 967 g/mol. The van der Waals surface area contributed by atoms with E-state index in [9.17, 15) is 0 Å². The van der Waals surface area contributed by atoms with Gasteiger partial charge in [0.25, 0.3) is 0 Å². The minimum absolute atomic E-state index is 0.105. The summed E-state index contributed by atoms with van der Waals surface area (Å²) in [6.45, 7) is 15.2. The number of Topliss-reactive ketones (excluding diaryl/α,β-unsaturated/α-hetero) is 1. The second-order valence-electron chi connectivity index (χ2n) is 19.8. The molecule has 15 nitrogen and oxygen atoms in total. The van der Waals surface area contributed by atoms with Crippen molar-refractivity contribution in [1.29, 1.82) is 0 Å². The van der Waals surface area contributed by atoms with Crippen LogP contribution in [0.15, 0.2) is 134 Å². The van der Waals surface area contributed by atoms with Crippen molar-refractivity contribution in [3.05, 3.63) is 145 Å². The number of fused-ring (bicyclic) bond motifs is 2. The predicted octanol–water partition coefficient (Wildman–Crippen LogP) is 8.80. The first kappa shape index (κ1) is 48.5. The van der Waals surface area contributed by atoms with Gasteiger partial charge in [-0.3, -0.25) is 14.6 Å². The molecule has 0 amide bonds. The lowest BCUT2D eigenvalue weighted by atomic mass is 9.91. The largest absolute Gasteiger partial charge is 0.491 e. The topological polar surface area (TPSA) is 134 Å². The van der Waals surface area contributed by atoms with Crippen LogP contribution < -0.4 is 20.1 Å². The maximum Gasteiger partial charge on any atom is 0.229 e. The van der Waals surface area contributed by atoms with Gasteiger partial charge in [0.1, 0.15) is 22.8 Å². The molecular weight excluding hydrogens is 901 g/mol. The zero-order valence-corrected chi connectivity index (χ0v) is 42.3. The summed E-state index contributed by atoms with van der Waals surface area (Å²) in [5.41, 5.74) is 7.61. The van der Waals surface area contributed by atoms with E-state index in [0.29, 0.717) is 30.5 Å². The van der Waals surface area contributed by atoms with Crippen molar-refractivity contribution in [2.45, 2.75) is 64.8 Å². The Morgan fingerprint density at radius 3 is 1.25 bits per heavy atom. The van der Waals surface area contributed by atoms with Crippen LogP contribution in [0.2, 0.25) is 0 Å². The summed E-state index contributed by atoms with van der Waals surface area (Å²) in [7, 11) is 4.34. The zero-order chi connectivity index (χ0) is 49.7. The Morgan fingerprint density at radius 2 is 0.889 bits per heavy atom. The quantitative estimate of drug-likeness (QED) is 0.0850. The number of nitrogens with one attached hydrogen (secondary N) is 2. The van der Waals surface area contributed by atoms with Crippen LogP contribution in [0.25, 0.3) is 33.4 Å². The summed E-state index contributed by atoms with van der Waals surface area (Å²) >= 11 is 0. The van der Waals surface area contributed by atoms with Crippen LogP contribution in [0.4, 0.5) is 23.3 Å². The molecule has 4 aromatic heterocycles. The highest BCUT2D eigenvalue weighted by atomic mass is 16.5. The van der Waals surface area contributed by atoms with E-state index in [-0.39, 0.29) is 24.3 Å². The minimum atomic E-state index is -0.270. The lowest BCUT2D eigenvalue weighted by Crippen LogP contribution is -2.59. The molecule has 2 fully saturated rings. The first-order chi connectivity index (χ1) is 35.0. The van der Waals surface area contributed by atoms with Gasteiger partial charge >= 0.3 is 0 Å². The number of anilines is 4. The van der Waals surface area contributed by atoms with Gasteiger partial charge in [-0.15, -0.1) is 0 Å². The highest BCUT2D eigenvalue weighted by Gasteiger charge is 2.37. The van der Waals surface area contributed by atoms with Crippen LogP contribution >= 0.6 is 0 Å². The van der Waals surface area contributed by atoms with Gasteiger partial charge in [-0.25, -0.2) is 9.97 Å². The first-order valence-electron chi connectivity index (χ1n) is 25.3. The van der Waals surface area contributed by atoms with E-state index in [0.717, 1.165) is 120 Å². The lowest BCUT2D eigenvalue weighted by molar-refractivity contribution is -0.131. The molecule has 8 aromatic rings. The fourth-order valence-electron chi connectivity index (χ4n) is 9.75. The maximum atomic E-state index is 15.5. The molecule has 4 aromatic carbocycles. The van der Waals surface area contributed by atoms with Crippen LogP contribution in [0.5, 0.6) is 11.5 Å². The number of aromatic nitrogens is 6. The molecule has 2 unspecified atom stereocenters. The summed E-state index contributed by atoms with van der Waals surface area (Å²) in [5.74, 6) is 2.96. The average molecular weight is 967 g/mol. The Balaban J connectivity index is 0.870. The van der Waals surface area contributed by atoms with Crippen LogP contribution in [0.1, 0.15) is 38.8 Å². The predicted molar refractivity (Wildman–Crippen MR) is 287 cm³/mol. The van der Waals surface area contributed by atoms with Crippen LogP contribution in [0.3, 0.4) is 0 Å². The molecule has 2 N–H and O–H groups in total. The third-order valence-electron chi connectivity index (χ3n) is 13.7. The average Bonchev–Trinajstić information content (AvgIpc) is 4.01. The Bertz CT molecular complexity index is 2860. The molecule has 2 atom stereocenters. The number of benzene rings is 4. The molecule has 0 aliphatic carbocycles. The number of carbonyl (C=O) groups is 1. The molecule has 372 valence electrons. The smallest absolute Gasteiger partial charge is 0.229 e. The van der Waals surface area contributed by atoms with Gasteiger partial charge < -0.3 is 39.0 Å². The van der Waals surface area contributed by atoms with Gasteiger partial charge in [0.2, 0.25) is 11.9 Å². The van der Waals surface area contributed by atoms with E-state index in [1.54, 1.807) is 0 Å². The van der Waals surface area contributed by atoms with Crippen molar-refractivity contribution in [3.8, 4) is 22.9 Å². The van der Waals surface area contributed by atoms with E-state index >= 15 is 4.79 Å². The first-order valence-corrected chi connectivity index (χ1v) is 25.3. The van der Waals surface area contributed by atoms with Crippen molar-refractivity contribution < 1.29 is 14.3 Å². The van der Waals surface area contributed by atoms with Crippen molar-refractivity contribution in [3.63, 3.8) is 0 Å². The number of piperazine rings is 2. The third kappa shape index (κ3) is 11.5. The fourth-order valence-corrected chi connectivity index (χ4v) is 9.75. The standard InChI is InChI=1S/C57H66N12O3/c1-39(2)71-49-19-11-45(12-20-49)60-56-58-37-43-23-25-68(54(43)62-56)47-15-7-41(8-16-47)35-51(66-31-27-64(5)28-32-66)53(70)52(67-33-29-65(6)30-34-67)36-42-9-17-48(18-10-42)69-26-24-44-38-59-57(63-55(44)69)61-46-13-21-50(22-14-46)72-40(3)4/h7-26,37-40,51-52H,27-36H2,1-6H3,(H,58,60,62)(H,59,61,63). The molecule has 72 heavy (non-hydrogen) atoms. The van der Waals surface area contributed by atoms with E-state index in [1.165, 1.54) is 0 Å². The van der Waals surface area contributed by atoms with E-state index < -0.39 is 0 Å². The highest BCUT2D eigenvalue weighted by Crippen LogP contribution is 2.27. The molecule has 0 spiro atoms. The normalized spacial score (nSPS) is 16.1. The molecule has 2 aliphatic rings. The van der Waals surface area contributed by atoms with Crippen molar-refractivity contribution in [1.82, 2.24) is 48.7 Å². The van der Waals surface area contributed by atoms with Crippen LogP contribution in [-0.2, 0) is 17.6 Å². The SMILES string of the molecule is CC(C)Oc1ccc(Nc2ncc3ccn(-c4ccc(CC(C(=O)C(Cc5ccc(-n6ccc7cnc(Nc8ccc(OC(C)C)cc8)nc76)cc5)N5CCN(C)CC5)N5CCN(C)CC5)cc4)c3n2)cc1. The second kappa shape index (κ2) is 21.7. The zero-order valence-electron chi connectivity index (χ0n) is 42.3. The van der Waals surface area contributed by atoms with Gasteiger partial charge in [0, 0.05) is 111 Å². The van der Waals surface area contributed by atoms with Gasteiger partial charge in [0.05, 0.1) is 24.3 Å². The fraction of sp³-hybridized carbons (Fsp3) is 0.351. The van der Waals surface area contributed by atoms with Crippen LogP contribution in [0, 0.1) is 0 Å². The minimum Gasteiger partial charge on any atom is -0.491 e. The molecule has 0 radical (unpaired) electrons. The summed E-state index contributed by atoms with van der Waals surface area (Å²) in [4.78, 5) is 44.1. The molecule has 15 heteroatoms. The Morgan fingerprint density at radius 1 is 0.514 bits per heavy atom. The number of carbonyl (C=O) groups excluding carboxylic acids is 1. The highest BCUT2D eigenvalue weighted by molar-refractivity contribution is 5.90. The van der Waals surface area contributed by atoms with Crippen LogP contribution in [-0.4, -0.2) is 145 Å². The maximum absolute atomic E-state index is 15.5. The van der Waals surface area contributed by atoms with Crippen molar-refractivity contribution >= 4 is 51.1 Å². The van der Waals surface area contributed by atoms with E-state index in [1.807, 2.05) is 113 Å². The Labute approximate surface area is 422 Å².